The Morgan fingerprint density at radius 1 is 0.500 bits per heavy atom. The van der Waals surface area contributed by atoms with Crippen LogP contribution in [0.1, 0.15) is 16.7 Å². The van der Waals surface area contributed by atoms with Gasteiger partial charge in [0.2, 0.25) is 0 Å². The van der Waals surface area contributed by atoms with E-state index in [1.54, 1.807) is 0 Å². The second kappa shape index (κ2) is 7.91. The van der Waals surface area contributed by atoms with Crippen molar-refractivity contribution in [2.45, 2.75) is 23.9 Å². The third-order valence-corrected chi connectivity index (χ3v) is 9.22. The van der Waals surface area contributed by atoms with Gasteiger partial charge in [0.05, 0.1) is 0 Å². The molecule has 3 aromatic carbocycles. The van der Waals surface area contributed by atoms with E-state index in [0.717, 1.165) is 16.7 Å². The molecule has 0 N–H and O–H groups in total. The van der Waals surface area contributed by atoms with Gasteiger partial charge in [0.1, 0.15) is 0 Å². The van der Waals surface area contributed by atoms with Gasteiger partial charge in [-0.1, -0.05) is 108 Å². The minimum absolute atomic E-state index is 0.0983. The van der Waals surface area contributed by atoms with E-state index in [1.807, 2.05) is 91.0 Å². The summed E-state index contributed by atoms with van der Waals surface area (Å²) in [4.78, 5) is 0. The second-order valence-electron chi connectivity index (χ2n) is 6.77. The second-order valence-corrected chi connectivity index (χ2v) is 11.0. The number of halogens is 3. The number of hydrogen-bond acceptors (Lipinski definition) is 0. The molecule has 0 saturated carbocycles. The minimum atomic E-state index is -4.19. The molecule has 4 heteroatoms. The first-order chi connectivity index (χ1) is 12.5. The molecule has 0 amide bonds. The third kappa shape index (κ3) is 4.44. The van der Waals surface area contributed by atoms with E-state index in [9.17, 15) is 13.2 Å². The summed E-state index contributed by atoms with van der Waals surface area (Å²) in [5.41, 5.74) is 2.30. The van der Waals surface area contributed by atoms with Gasteiger partial charge in [-0.3, -0.25) is 0 Å². The molecule has 0 aliphatic carbocycles. The van der Waals surface area contributed by atoms with Gasteiger partial charge >= 0.3 is 5.80 Å². The Balaban J connectivity index is 2.04. The fourth-order valence-corrected chi connectivity index (χ4v) is 7.48. The number of hydrogen-bond donors (Lipinski definition) is 0. The first-order valence-corrected chi connectivity index (χ1v) is 11.3. The van der Waals surface area contributed by atoms with Crippen molar-refractivity contribution < 1.29 is 13.2 Å². The summed E-state index contributed by atoms with van der Waals surface area (Å²) in [5.74, 6) is -4.19. The zero-order valence-electron chi connectivity index (χ0n) is 14.4. The Morgan fingerprint density at radius 3 is 1.00 bits per heavy atom. The SMILES string of the molecule is FC(F)(F)[Si](Cc1ccccc1)(Cc1ccccc1)Cc1ccccc1. The van der Waals surface area contributed by atoms with Crippen molar-refractivity contribution in [1.82, 2.24) is 0 Å². The van der Waals surface area contributed by atoms with Crippen LogP contribution in [0.3, 0.4) is 0 Å². The Morgan fingerprint density at radius 2 is 0.769 bits per heavy atom. The minimum Gasteiger partial charge on any atom is -0.177 e. The summed E-state index contributed by atoms with van der Waals surface area (Å²) in [7, 11) is -3.72. The molecule has 0 atom stereocenters. The van der Waals surface area contributed by atoms with E-state index in [2.05, 4.69) is 0 Å². The predicted molar refractivity (Wildman–Crippen MR) is 102 cm³/mol. The largest absolute Gasteiger partial charge is 0.362 e. The quantitative estimate of drug-likeness (QED) is 0.475. The summed E-state index contributed by atoms with van der Waals surface area (Å²) in [6, 6.07) is 27.6. The molecule has 0 aliphatic rings. The van der Waals surface area contributed by atoms with Crippen molar-refractivity contribution in [3.8, 4) is 0 Å². The Bertz CT molecular complexity index is 698. The predicted octanol–water partition coefficient (Wildman–Crippen LogP) is 5.88. The lowest BCUT2D eigenvalue weighted by atomic mass is 10.2. The highest BCUT2D eigenvalue weighted by Crippen LogP contribution is 2.37. The fraction of sp³-hybridized carbons (Fsp3) is 0.182. The number of benzene rings is 3. The van der Waals surface area contributed by atoms with Crippen molar-refractivity contribution in [3.63, 3.8) is 0 Å². The fourth-order valence-electron chi connectivity index (χ4n) is 3.45. The highest BCUT2D eigenvalue weighted by molar-refractivity contribution is 6.80. The zero-order valence-corrected chi connectivity index (χ0v) is 15.4. The van der Waals surface area contributed by atoms with Crippen LogP contribution in [-0.4, -0.2) is 13.9 Å². The molecule has 0 radical (unpaired) electrons. The third-order valence-electron chi connectivity index (χ3n) is 4.76. The van der Waals surface area contributed by atoms with Crippen LogP contribution in [0.2, 0.25) is 0 Å². The zero-order chi connectivity index (χ0) is 18.5. The molecule has 0 spiro atoms. The van der Waals surface area contributed by atoms with Crippen LogP contribution in [0.15, 0.2) is 91.0 Å². The lowest BCUT2D eigenvalue weighted by molar-refractivity contribution is -0.0589. The lowest BCUT2D eigenvalue weighted by Gasteiger charge is -2.34. The van der Waals surface area contributed by atoms with E-state index >= 15 is 0 Å². The average Bonchev–Trinajstić information content (AvgIpc) is 2.63. The van der Waals surface area contributed by atoms with Gasteiger partial charge in [0.15, 0.2) is 8.07 Å². The Hall–Kier alpha value is -2.33. The standard InChI is InChI=1S/C22H21F3Si/c23-22(24,25)26(16-19-10-4-1-5-11-19,17-20-12-6-2-7-13-20)18-21-14-8-3-9-15-21/h1-15H,16-18H2. The van der Waals surface area contributed by atoms with Crippen molar-refractivity contribution >= 4 is 8.07 Å². The monoisotopic (exact) mass is 370 g/mol. The molecular weight excluding hydrogens is 349 g/mol. The van der Waals surface area contributed by atoms with Gasteiger partial charge in [-0.25, -0.2) is 0 Å². The number of rotatable bonds is 6. The van der Waals surface area contributed by atoms with Crippen molar-refractivity contribution in [2.24, 2.45) is 0 Å². The van der Waals surface area contributed by atoms with Crippen molar-refractivity contribution in [3.05, 3.63) is 108 Å². The smallest absolute Gasteiger partial charge is 0.177 e. The molecule has 3 aromatic rings. The first-order valence-electron chi connectivity index (χ1n) is 8.67. The summed E-state index contributed by atoms with van der Waals surface area (Å²) < 4.78 is 43.5. The summed E-state index contributed by atoms with van der Waals surface area (Å²) >= 11 is 0. The van der Waals surface area contributed by atoms with Crippen molar-refractivity contribution in [1.29, 1.82) is 0 Å². The summed E-state index contributed by atoms with van der Waals surface area (Å²) in [5, 5.41) is 0. The molecule has 0 bridgehead atoms. The average molecular weight is 370 g/mol. The lowest BCUT2D eigenvalue weighted by Crippen LogP contribution is -2.57. The highest BCUT2D eigenvalue weighted by Gasteiger charge is 2.56. The Labute approximate surface area is 153 Å². The molecule has 0 heterocycles. The van der Waals surface area contributed by atoms with Crippen LogP contribution >= 0.6 is 0 Å². The van der Waals surface area contributed by atoms with Gasteiger partial charge in [0, 0.05) is 0 Å². The van der Waals surface area contributed by atoms with Gasteiger partial charge < -0.3 is 0 Å². The molecular formula is C22H21F3Si. The van der Waals surface area contributed by atoms with E-state index in [0.29, 0.717) is 0 Å². The van der Waals surface area contributed by atoms with Gasteiger partial charge in [-0.05, 0) is 18.1 Å². The van der Waals surface area contributed by atoms with Crippen LogP contribution in [0.4, 0.5) is 13.2 Å². The molecule has 0 aromatic heterocycles. The van der Waals surface area contributed by atoms with Crippen LogP contribution in [-0.2, 0) is 18.1 Å². The topological polar surface area (TPSA) is 0 Å². The van der Waals surface area contributed by atoms with E-state index in [-0.39, 0.29) is 18.1 Å². The molecule has 0 nitrogen and oxygen atoms in total. The molecule has 3 rings (SSSR count). The summed E-state index contributed by atoms with van der Waals surface area (Å²) in [6.07, 6.45) is 0. The Kier molecular flexibility index (Phi) is 5.62. The van der Waals surface area contributed by atoms with Crippen molar-refractivity contribution in [2.75, 3.05) is 0 Å². The van der Waals surface area contributed by atoms with E-state index in [4.69, 9.17) is 0 Å². The maximum Gasteiger partial charge on any atom is 0.362 e. The van der Waals surface area contributed by atoms with Gasteiger partial charge in [-0.2, -0.15) is 13.2 Å². The molecule has 26 heavy (non-hydrogen) atoms. The molecule has 0 unspecified atom stereocenters. The summed E-state index contributed by atoms with van der Waals surface area (Å²) in [6.45, 7) is 0. The first kappa shape index (κ1) is 18.5. The van der Waals surface area contributed by atoms with E-state index in [1.165, 1.54) is 0 Å². The molecule has 0 aliphatic heterocycles. The van der Waals surface area contributed by atoms with Crippen LogP contribution < -0.4 is 0 Å². The molecule has 134 valence electrons. The van der Waals surface area contributed by atoms with Crippen LogP contribution in [0, 0.1) is 0 Å². The molecule has 0 saturated heterocycles. The normalized spacial score (nSPS) is 12.1. The van der Waals surface area contributed by atoms with Gasteiger partial charge in [0.25, 0.3) is 0 Å². The maximum atomic E-state index is 14.5. The highest BCUT2D eigenvalue weighted by atomic mass is 28.3. The van der Waals surface area contributed by atoms with E-state index < -0.39 is 13.9 Å². The maximum absolute atomic E-state index is 14.5. The van der Waals surface area contributed by atoms with Crippen LogP contribution in [0.25, 0.3) is 0 Å². The van der Waals surface area contributed by atoms with Crippen LogP contribution in [0.5, 0.6) is 0 Å². The number of alkyl halides is 3. The van der Waals surface area contributed by atoms with Gasteiger partial charge in [-0.15, -0.1) is 0 Å². The molecule has 0 fully saturated rings.